The van der Waals surface area contributed by atoms with E-state index in [0.29, 0.717) is 12.3 Å². The van der Waals surface area contributed by atoms with Crippen LogP contribution in [0.1, 0.15) is 77.1 Å². The van der Waals surface area contributed by atoms with Crippen LogP contribution in [-0.4, -0.2) is 50.8 Å². The SMILES string of the molecule is C=CC(C)(C)c1ccc2c3c([nH]c2c1)C1(C)C(CCC2(O)C45OC4C(O)C(C(=C)C)OC5CCC12C)C3. The number of nitrogens with one attached hydrogen (secondary N) is 1. The fraction of sp³-hybridized carbons (Fsp3) is 0.625. The van der Waals surface area contributed by atoms with Crippen LogP contribution in [0.3, 0.4) is 0 Å². The van der Waals surface area contributed by atoms with E-state index in [1.807, 2.05) is 13.0 Å². The summed E-state index contributed by atoms with van der Waals surface area (Å²) in [5, 5.41) is 25.3. The van der Waals surface area contributed by atoms with Gasteiger partial charge in [-0.2, -0.15) is 0 Å². The van der Waals surface area contributed by atoms with E-state index in [0.717, 1.165) is 31.3 Å². The molecule has 2 aliphatic heterocycles. The molecular formula is C32H41NO4. The van der Waals surface area contributed by atoms with Crippen LogP contribution in [0, 0.1) is 11.3 Å². The van der Waals surface area contributed by atoms with E-state index in [1.165, 1.54) is 27.7 Å². The molecule has 5 aliphatic rings. The van der Waals surface area contributed by atoms with Crippen molar-refractivity contribution in [3.63, 3.8) is 0 Å². The topological polar surface area (TPSA) is 78.0 Å². The molecule has 3 heterocycles. The van der Waals surface area contributed by atoms with Crippen molar-refractivity contribution in [1.29, 1.82) is 0 Å². The van der Waals surface area contributed by atoms with E-state index >= 15 is 0 Å². The minimum Gasteiger partial charge on any atom is -0.387 e. The number of hydrogen-bond donors (Lipinski definition) is 3. The number of aliphatic hydroxyl groups excluding tert-OH is 1. The van der Waals surface area contributed by atoms with Gasteiger partial charge in [0.1, 0.15) is 23.9 Å². The zero-order valence-electron chi connectivity index (χ0n) is 22.9. The minimum absolute atomic E-state index is 0.105. The third-order valence-corrected chi connectivity index (χ3v) is 12.0. The Labute approximate surface area is 219 Å². The van der Waals surface area contributed by atoms with Crippen LogP contribution < -0.4 is 0 Å². The molecule has 2 aromatic rings. The van der Waals surface area contributed by atoms with Gasteiger partial charge in [-0.3, -0.25) is 0 Å². The summed E-state index contributed by atoms with van der Waals surface area (Å²) in [6, 6.07) is 6.80. The van der Waals surface area contributed by atoms with Gasteiger partial charge in [0.2, 0.25) is 0 Å². The van der Waals surface area contributed by atoms with E-state index in [9.17, 15) is 10.2 Å². The summed E-state index contributed by atoms with van der Waals surface area (Å²) in [6.45, 7) is 19.0. The molecule has 1 aromatic heterocycles. The number of aromatic amines is 1. The first-order valence-corrected chi connectivity index (χ1v) is 14.0. The minimum atomic E-state index is -1.09. The molecule has 9 unspecified atom stereocenters. The van der Waals surface area contributed by atoms with Gasteiger partial charge in [-0.25, -0.2) is 0 Å². The molecule has 2 saturated carbocycles. The number of aliphatic hydroxyl groups is 2. The van der Waals surface area contributed by atoms with Crippen LogP contribution in [0.25, 0.3) is 10.9 Å². The molecule has 3 aliphatic carbocycles. The van der Waals surface area contributed by atoms with Crippen molar-refractivity contribution in [1.82, 2.24) is 4.98 Å². The molecule has 5 heteroatoms. The van der Waals surface area contributed by atoms with Crippen molar-refractivity contribution in [3.05, 3.63) is 59.8 Å². The first kappa shape index (κ1) is 24.1. The van der Waals surface area contributed by atoms with Gasteiger partial charge in [0.25, 0.3) is 0 Å². The molecule has 5 nitrogen and oxygen atoms in total. The predicted molar refractivity (Wildman–Crippen MR) is 145 cm³/mol. The molecule has 3 N–H and O–H groups in total. The van der Waals surface area contributed by atoms with Gasteiger partial charge in [-0.1, -0.05) is 52.5 Å². The zero-order chi connectivity index (χ0) is 26.3. The molecule has 7 rings (SSSR count). The van der Waals surface area contributed by atoms with E-state index in [4.69, 9.17) is 9.47 Å². The second kappa shape index (κ2) is 6.98. The van der Waals surface area contributed by atoms with E-state index in [1.54, 1.807) is 0 Å². The molecule has 9 atom stereocenters. The number of epoxide rings is 1. The number of ether oxygens (including phenoxy) is 2. The van der Waals surface area contributed by atoms with E-state index in [-0.39, 0.29) is 16.9 Å². The van der Waals surface area contributed by atoms with Crippen LogP contribution in [-0.2, 0) is 26.7 Å². The zero-order valence-corrected chi connectivity index (χ0v) is 22.9. The Kier molecular flexibility index (Phi) is 4.56. The molecule has 198 valence electrons. The molecule has 4 fully saturated rings. The maximum absolute atomic E-state index is 12.8. The Balaban J connectivity index is 1.35. The van der Waals surface area contributed by atoms with Crippen molar-refractivity contribution in [2.75, 3.05) is 0 Å². The Hall–Kier alpha value is -1.92. The summed E-state index contributed by atoms with van der Waals surface area (Å²) in [5.74, 6) is 0.454. The Morgan fingerprint density at radius 2 is 1.97 bits per heavy atom. The molecular weight excluding hydrogens is 462 g/mol. The number of fused-ring (bicyclic) bond motifs is 7. The van der Waals surface area contributed by atoms with Crippen LogP contribution in [0.15, 0.2) is 43.0 Å². The van der Waals surface area contributed by atoms with Crippen molar-refractivity contribution in [2.24, 2.45) is 11.3 Å². The van der Waals surface area contributed by atoms with Crippen molar-refractivity contribution in [2.45, 2.75) is 113 Å². The Bertz CT molecular complexity index is 1360. The van der Waals surface area contributed by atoms with Crippen molar-refractivity contribution in [3.8, 4) is 0 Å². The van der Waals surface area contributed by atoms with Crippen LogP contribution in [0.2, 0.25) is 0 Å². The van der Waals surface area contributed by atoms with Crippen molar-refractivity contribution < 1.29 is 19.7 Å². The standard InChI is InChI=1S/C32H41NO4/c1-8-28(4,5)18-9-10-20-21-15-19-11-14-31(35)29(6,30(19,7)26(21)33-22(20)16-18)13-12-23-32(31)27(37-32)24(34)25(36-23)17(2)3/h8-10,16,19,23-25,27,33-35H,1-2,11-15H2,3-7H3. The summed E-state index contributed by atoms with van der Waals surface area (Å²) in [5.41, 5.74) is 3.20. The highest BCUT2D eigenvalue weighted by atomic mass is 16.7. The Morgan fingerprint density at radius 1 is 1.22 bits per heavy atom. The maximum Gasteiger partial charge on any atom is 0.153 e. The van der Waals surface area contributed by atoms with Gasteiger partial charge < -0.3 is 24.7 Å². The first-order valence-electron chi connectivity index (χ1n) is 14.0. The molecule has 1 spiro atoms. The van der Waals surface area contributed by atoms with Crippen LogP contribution >= 0.6 is 0 Å². The molecule has 0 bridgehead atoms. The number of rotatable bonds is 3. The monoisotopic (exact) mass is 503 g/mol. The lowest BCUT2D eigenvalue weighted by Crippen LogP contribution is -2.76. The average Bonchev–Trinajstić information content (AvgIpc) is 3.44. The summed E-state index contributed by atoms with van der Waals surface area (Å²) in [6.07, 6.45) is 4.41. The lowest BCUT2D eigenvalue weighted by atomic mass is 9.40. The van der Waals surface area contributed by atoms with Gasteiger partial charge in [-0.05, 0) is 67.7 Å². The molecule has 0 amide bonds. The maximum atomic E-state index is 12.8. The summed E-state index contributed by atoms with van der Waals surface area (Å²) in [7, 11) is 0. The molecule has 2 saturated heterocycles. The second-order valence-corrected chi connectivity index (χ2v) is 13.8. The van der Waals surface area contributed by atoms with Gasteiger partial charge in [0, 0.05) is 32.8 Å². The highest BCUT2D eigenvalue weighted by Crippen LogP contribution is 2.74. The normalized spacial score (nSPS) is 45.9. The van der Waals surface area contributed by atoms with Crippen LogP contribution in [0.4, 0.5) is 0 Å². The van der Waals surface area contributed by atoms with Gasteiger partial charge in [-0.15, -0.1) is 6.58 Å². The van der Waals surface area contributed by atoms with E-state index < -0.39 is 34.9 Å². The average molecular weight is 504 g/mol. The summed E-state index contributed by atoms with van der Waals surface area (Å²) in [4.78, 5) is 3.88. The number of H-pyrrole nitrogens is 1. The molecule has 37 heavy (non-hydrogen) atoms. The third-order valence-electron chi connectivity index (χ3n) is 12.0. The lowest BCUT2D eigenvalue weighted by Gasteiger charge is -2.66. The largest absolute Gasteiger partial charge is 0.387 e. The van der Waals surface area contributed by atoms with Gasteiger partial charge >= 0.3 is 0 Å². The fourth-order valence-electron chi connectivity index (χ4n) is 9.37. The van der Waals surface area contributed by atoms with Gasteiger partial charge in [0.15, 0.2) is 5.60 Å². The highest BCUT2D eigenvalue weighted by Gasteiger charge is 2.86. The number of benzene rings is 1. The third kappa shape index (κ3) is 2.52. The highest BCUT2D eigenvalue weighted by molar-refractivity contribution is 5.87. The number of hydrogen-bond acceptors (Lipinski definition) is 4. The number of aromatic nitrogens is 1. The lowest BCUT2D eigenvalue weighted by molar-refractivity contribution is -0.265. The van der Waals surface area contributed by atoms with Crippen molar-refractivity contribution >= 4 is 10.9 Å². The predicted octanol–water partition coefficient (Wildman–Crippen LogP) is 5.23. The smallest absolute Gasteiger partial charge is 0.153 e. The van der Waals surface area contributed by atoms with Crippen LogP contribution in [0.5, 0.6) is 0 Å². The summed E-state index contributed by atoms with van der Waals surface area (Å²) < 4.78 is 12.9. The number of allylic oxidation sites excluding steroid dienone is 1. The fourth-order valence-corrected chi connectivity index (χ4v) is 9.37. The molecule has 1 aromatic carbocycles. The first-order chi connectivity index (χ1) is 17.4. The van der Waals surface area contributed by atoms with Gasteiger partial charge in [0.05, 0.1) is 6.10 Å². The Morgan fingerprint density at radius 3 is 2.68 bits per heavy atom. The van der Waals surface area contributed by atoms with E-state index in [2.05, 4.69) is 64.0 Å². The summed E-state index contributed by atoms with van der Waals surface area (Å²) >= 11 is 0. The second-order valence-electron chi connectivity index (χ2n) is 13.8. The molecule has 0 radical (unpaired) electrons. The quantitative estimate of drug-likeness (QED) is 0.396.